The largest absolute Gasteiger partial charge is 0.497 e. The molecular formula is C28H32N6O2. The first-order valence-corrected chi connectivity index (χ1v) is 12.0. The van der Waals surface area contributed by atoms with E-state index < -0.39 is 0 Å². The van der Waals surface area contributed by atoms with Gasteiger partial charge >= 0.3 is 0 Å². The van der Waals surface area contributed by atoms with Gasteiger partial charge in [0.1, 0.15) is 11.5 Å². The third-order valence-corrected chi connectivity index (χ3v) is 5.79. The van der Waals surface area contributed by atoms with Crippen molar-refractivity contribution in [2.45, 2.75) is 32.9 Å². The number of anilines is 2. The monoisotopic (exact) mass is 484 g/mol. The fourth-order valence-electron chi connectivity index (χ4n) is 3.92. The third kappa shape index (κ3) is 5.93. The van der Waals surface area contributed by atoms with E-state index in [0.717, 1.165) is 58.3 Å². The average Bonchev–Trinajstić information content (AvgIpc) is 3.38. The topological polar surface area (TPSA) is 77.3 Å². The maximum Gasteiger partial charge on any atom is 0.124 e. The summed E-state index contributed by atoms with van der Waals surface area (Å²) >= 11 is 0. The number of ether oxygens (including phenoxy) is 2. The summed E-state index contributed by atoms with van der Waals surface area (Å²) in [6.07, 6.45) is 11.5. The lowest BCUT2D eigenvalue weighted by Gasteiger charge is -2.27. The fourth-order valence-corrected chi connectivity index (χ4v) is 3.92. The minimum Gasteiger partial charge on any atom is -0.497 e. The molecule has 4 aromatic rings. The summed E-state index contributed by atoms with van der Waals surface area (Å²) in [6.45, 7) is 6.50. The average molecular weight is 485 g/mol. The van der Waals surface area contributed by atoms with Crippen molar-refractivity contribution in [3.63, 3.8) is 0 Å². The Balaban J connectivity index is 1.71. The summed E-state index contributed by atoms with van der Waals surface area (Å²) in [7, 11) is 3.32. The van der Waals surface area contributed by atoms with E-state index in [0.29, 0.717) is 19.0 Å². The molecule has 8 heteroatoms. The SMILES string of the molecule is C#CCCn1cc(-c2cnc3ccc(N(CCNC(C)C)c4cc(OC)cc(OC)c4)cc3n2)cn1. The Labute approximate surface area is 212 Å². The molecule has 0 amide bonds. The molecule has 0 fully saturated rings. The highest BCUT2D eigenvalue weighted by molar-refractivity contribution is 5.82. The number of fused-ring (bicyclic) bond motifs is 1. The lowest BCUT2D eigenvalue weighted by atomic mass is 10.2. The minimum absolute atomic E-state index is 0.387. The number of hydrogen-bond acceptors (Lipinski definition) is 7. The zero-order chi connectivity index (χ0) is 25.5. The van der Waals surface area contributed by atoms with Gasteiger partial charge in [-0.3, -0.25) is 9.67 Å². The van der Waals surface area contributed by atoms with Crippen LogP contribution in [0.1, 0.15) is 20.3 Å². The van der Waals surface area contributed by atoms with Gasteiger partial charge in [-0.25, -0.2) is 4.98 Å². The van der Waals surface area contributed by atoms with Crippen LogP contribution in [0.15, 0.2) is 55.0 Å². The van der Waals surface area contributed by atoms with Crippen molar-refractivity contribution in [2.75, 3.05) is 32.2 Å². The van der Waals surface area contributed by atoms with Crippen LogP contribution in [-0.2, 0) is 6.54 Å². The lowest BCUT2D eigenvalue weighted by Crippen LogP contribution is -2.32. The van der Waals surface area contributed by atoms with Crippen LogP contribution < -0.4 is 19.7 Å². The molecule has 0 aliphatic heterocycles. The Hall–Kier alpha value is -4.09. The van der Waals surface area contributed by atoms with E-state index in [2.05, 4.69) is 52.2 Å². The maximum atomic E-state index is 5.52. The second kappa shape index (κ2) is 11.6. The third-order valence-electron chi connectivity index (χ3n) is 5.79. The van der Waals surface area contributed by atoms with Gasteiger partial charge in [0.05, 0.1) is 49.9 Å². The van der Waals surface area contributed by atoms with Crippen molar-refractivity contribution in [2.24, 2.45) is 0 Å². The molecule has 2 aromatic heterocycles. The standard InChI is InChI=1S/C28H32N6O2/c1-6-7-11-33-19-21(17-31-33)28-18-30-26-9-8-22(15-27(26)32-28)34(12-10-29-20(2)3)23-13-24(35-4)16-25(14-23)36-5/h1,8-9,13-20,29H,7,10-12H2,2-5H3. The molecular weight excluding hydrogens is 452 g/mol. The molecule has 2 heterocycles. The van der Waals surface area contributed by atoms with Crippen LogP contribution in [0.3, 0.4) is 0 Å². The van der Waals surface area contributed by atoms with Gasteiger partial charge < -0.3 is 19.7 Å². The van der Waals surface area contributed by atoms with Crippen LogP contribution in [-0.4, -0.2) is 53.1 Å². The Morgan fingerprint density at radius 1 is 1.03 bits per heavy atom. The second-order valence-corrected chi connectivity index (χ2v) is 8.71. The van der Waals surface area contributed by atoms with E-state index in [1.165, 1.54) is 0 Å². The summed E-state index contributed by atoms with van der Waals surface area (Å²) in [6, 6.07) is 12.4. The van der Waals surface area contributed by atoms with E-state index in [4.69, 9.17) is 20.9 Å². The van der Waals surface area contributed by atoms with Crippen LogP contribution in [0.4, 0.5) is 11.4 Å². The normalized spacial score (nSPS) is 11.0. The van der Waals surface area contributed by atoms with Crippen LogP contribution in [0.2, 0.25) is 0 Å². The van der Waals surface area contributed by atoms with Gasteiger partial charge in [0.25, 0.3) is 0 Å². The molecule has 0 aliphatic rings. The van der Waals surface area contributed by atoms with Crippen molar-refractivity contribution < 1.29 is 9.47 Å². The highest BCUT2D eigenvalue weighted by Crippen LogP contribution is 2.34. The number of benzene rings is 2. The quantitative estimate of drug-likeness (QED) is 0.310. The highest BCUT2D eigenvalue weighted by atomic mass is 16.5. The number of nitrogens with one attached hydrogen (secondary N) is 1. The first kappa shape index (κ1) is 25.0. The molecule has 186 valence electrons. The first-order valence-electron chi connectivity index (χ1n) is 12.0. The molecule has 4 rings (SSSR count). The predicted octanol–water partition coefficient (Wildman–Crippen LogP) is 4.67. The zero-order valence-electron chi connectivity index (χ0n) is 21.2. The van der Waals surface area contributed by atoms with E-state index in [9.17, 15) is 0 Å². The van der Waals surface area contributed by atoms with Gasteiger partial charge in [0.2, 0.25) is 0 Å². The van der Waals surface area contributed by atoms with Crippen molar-refractivity contribution in [1.82, 2.24) is 25.1 Å². The van der Waals surface area contributed by atoms with E-state index in [1.54, 1.807) is 26.6 Å². The van der Waals surface area contributed by atoms with Crippen molar-refractivity contribution in [1.29, 1.82) is 0 Å². The summed E-state index contributed by atoms with van der Waals surface area (Å²) in [5, 5.41) is 7.89. The molecule has 2 aromatic carbocycles. The van der Waals surface area contributed by atoms with Gasteiger partial charge in [-0.1, -0.05) is 13.8 Å². The fraction of sp³-hybridized carbons (Fsp3) is 0.321. The summed E-state index contributed by atoms with van der Waals surface area (Å²) in [5.41, 5.74) is 5.27. The van der Waals surface area contributed by atoms with Crippen molar-refractivity contribution >= 4 is 22.4 Å². The molecule has 0 bridgehead atoms. The molecule has 0 spiro atoms. The molecule has 0 unspecified atom stereocenters. The van der Waals surface area contributed by atoms with Gasteiger partial charge in [0.15, 0.2) is 0 Å². The summed E-state index contributed by atoms with van der Waals surface area (Å²) < 4.78 is 12.9. The molecule has 8 nitrogen and oxygen atoms in total. The molecule has 0 atom stereocenters. The van der Waals surface area contributed by atoms with Crippen LogP contribution in [0, 0.1) is 12.3 Å². The highest BCUT2D eigenvalue weighted by Gasteiger charge is 2.15. The zero-order valence-corrected chi connectivity index (χ0v) is 21.2. The van der Waals surface area contributed by atoms with E-state index >= 15 is 0 Å². The van der Waals surface area contributed by atoms with E-state index in [1.807, 2.05) is 35.1 Å². The van der Waals surface area contributed by atoms with Crippen LogP contribution in [0.25, 0.3) is 22.3 Å². The van der Waals surface area contributed by atoms with Gasteiger partial charge in [-0.15, -0.1) is 12.3 Å². The first-order chi connectivity index (χ1) is 17.5. The number of methoxy groups -OCH3 is 2. The maximum absolute atomic E-state index is 5.52. The number of terminal acetylenes is 1. The number of hydrogen-bond donors (Lipinski definition) is 1. The van der Waals surface area contributed by atoms with Crippen molar-refractivity contribution in [3.05, 3.63) is 55.0 Å². The molecule has 0 saturated carbocycles. The molecule has 36 heavy (non-hydrogen) atoms. The molecule has 0 aliphatic carbocycles. The summed E-state index contributed by atoms with van der Waals surface area (Å²) in [5.74, 6) is 4.11. The number of aromatic nitrogens is 4. The molecule has 1 N–H and O–H groups in total. The Morgan fingerprint density at radius 3 is 2.50 bits per heavy atom. The van der Waals surface area contributed by atoms with Gasteiger partial charge in [0, 0.05) is 66.9 Å². The second-order valence-electron chi connectivity index (χ2n) is 8.71. The Bertz CT molecular complexity index is 1340. The van der Waals surface area contributed by atoms with Gasteiger partial charge in [-0.05, 0) is 18.2 Å². The van der Waals surface area contributed by atoms with E-state index in [-0.39, 0.29) is 0 Å². The number of nitrogens with zero attached hydrogens (tertiary/aromatic N) is 5. The Kier molecular flexibility index (Phi) is 8.03. The minimum atomic E-state index is 0.387. The lowest BCUT2D eigenvalue weighted by molar-refractivity contribution is 0.394. The Morgan fingerprint density at radius 2 is 1.81 bits per heavy atom. The molecule has 0 radical (unpaired) electrons. The smallest absolute Gasteiger partial charge is 0.124 e. The number of rotatable bonds is 11. The van der Waals surface area contributed by atoms with Crippen molar-refractivity contribution in [3.8, 4) is 35.1 Å². The van der Waals surface area contributed by atoms with Crippen LogP contribution >= 0.6 is 0 Å². The molecule has 0 saturated heterocycles. The predicted molar refractivity (Wildman–Crippen MR) is 144 cm³/mol. The van der Waals surface area contributed by atoms with Crippen LogP contribution in [0.5, 0.6) is 11.5 Å². The van der Waals surface area contributed by atoms with Gasteiger partial charge in [-0.2, -0.15) is 5.10 Å². The number of aryl methyl sites for hydroxylation is 1. The summed E-state index contributed by atoms with van der Waals surface area (Å²) in [4.78, 5) is 11.8.